The fourth-order valence-electron chi connectivity index (χ4n) is 3.83. The molecule has 1 aromatic carbocycles. The Bertz CT molecular complexity index is 665. The average molecular weight is 298 g/mol. The van der Waals surface area contributed by atoms with Gasteiger partial charge in [-0.05, 0) is 36.1 Å². The third-order valence-electron chi connectivity index (χ3n) is 5.01. The number of ketones is 1. The summed E-state index contributed by atoms with van der Waals surface area (Å²) >= 11 is 0. The predicted octanol–water partition coefficient (Wildman–Crippen LogP) is 2.21. The number of hydrogen-bond donors (Lipinski definition) is 0. The second-order valence-corrected chi connectivity index (χ2v) is 6.23. The SMILES string of the molecule is N#CCC[C@@H]1CN2CCc3cc4c(cc3[C@@H]2CC1=O)OCO4. The molecule has 1 fully saturated rings. The molecule has 5 nitrogen and oxygen atoms in total. The lowest BCUT2D eigenvalue weighted by atomic mass is 9.81. The molecule has 3 aliphatic heterocycles. The number of benzene rings is 1. The molecule has 0 aromatic heterocycles. The molecule has 3 heterocycles. The third kappa shape index (κ3) is 2.15. The molecule has 0 saturated carbocycles. The molecule has 2 atom stereocenters. The van der Waals surface area contributed by atoms with Crippen LogP contribution in [0.4, 0.5) is 0 Å². The Morgan fingerprint density at radius 1 is 1.32 bits per heavy atom. The molecule has 3 aliphatic rings. The van der Waals surface area contributed by atoms with Gasteiger partial charge in [0, 0.05) is 37.9 Å². The van der Waals surface area contributed by atoms with Crippen molar-refractivity contribution in [2.75, 3.05) is 19.9 Å². The van der Waals surface area contributed by atoms with Crippen LogP contribution in [0.5, 0.6) is 11.5 Å². The monoisotopic (exact) mass is 298 g/mol. The van der Waals surface area contributed by atoms with Gasteiger partial charge < -0.3 is 9.47 Å². The van der Waals surface area contributed by atoms with Crippen molar-refractivity contribution >= 4 is 5.78 Å². The van der Waals surface area contributed by atoms with E-state index < -0.39 is 0 Å². The van der Waals surface area contributed by atoms with Crippen LogP contribution in [-0.2, 0) is 11.2 Å². The lowest BCUT2D eigenvalue weighted by Gasteiger charge is -2.42. The first-order valence-electron chi connectivity index (χ1n) is 7.82. The van der Waals surface area contributed by atoms with Crippen molar-refractivity contribution in [3.63, 3.8) is 0 Å². The quantitative estimate of drug-likeness (QED) is 0.837. The molecule has 0 bridgehead atoms. The minimum Gasteiger partial charge on any atom is -0.454 e. The van der Waals surface area contributed by atoms with Crippen LogP contribution in [-0.4, -0.2) is 30.6 Å². The number of nitrogens with zero attached hydrogens (tertiary/aromatic N) is 2. The summed E-state index contributed by atoms with van der Waals surface area (Å²) in [5, 5.41) is 8.73. The number of piperidine rings is 1. The predicted molar refractivity (Wildman–Crippen MR) is 78.5 cm³/mol. The third-order valence-corrected chi connectivity index (χ3v) is 5.01. The molecule has 1 saturated heterocycles. The molecular weight excluding hydrogens is 280 g/mol. The number of carbonyl (C=O) groups excluding carboxylic acids is 1. The van der Waals surface area contributed by atoms with Crippen molar-refractivity contribution in [3.05, 3.63) is 23.3 Å². The largest absolute Gasteiger partial charge is 0.454 e. The zero-order chi connectivity index (χ0) is 15.1. The summed E-state index contributed by atoms with van der Waals surface area (Å²) in [6, 6.07) is 6.43. The van der Waals surface area contributed by atoms with E-state index in [2.05, 4.69) is 23.1 Å². The Morgan fingerprint density at radius 2 is 2.14 bits per heavy atom. The van der Waals surface area contributed by atoms with Crippen LogP contribution in [0, 0.1) is 17.2 Å². The molecule has 0 spiro atoms. The molecule has 0 unspecified atom stereocenters. The van der Waals surface area contributed by atoms with E-state index in [0.717, 1.165) is 31.0 Å². The number of rotatable bonds is 2. The van der Waals surface area contributed by atoms with Gasteiger partial charge in [0.15, 0.2) is 11.5 Å². The Hall–Kier alpha value is -2.06. The molecular formula is C17H18N2O3. The van der Waals surface area contributed by atoms with Crippen LogP contribution in [0.1, 0.15) is 36.4 Å². The Kier molecular flexibility index (Phi) is 3.27. The van der Waals surface area contributed by atoms with Crippen LogP contribution in [0.15, 0.2) is 12.1 Å². The van der Waals surface area contributed by atoms with Crippen LogP contribution < -0.4 is 9.47 Å². The molecule has 22 heavy (non-hydrogen) atoms. The summed E-state index contributed by atoms with van der Waals surface area (Å²) in [5.74, 6) is 1.93. The van der Waals surface area contributed by atoms with E-state index in [1.807, 2.05) is 0 Å². The molecule has 114 valence electrons. The maximum atomic E-state index is 12.4. The average Bonchev–Trinajstić information content (AvgIpc) is 2.98. The highest BCUT2D eigenvalue weighted by molar-refractivity contribution is 5.83. The first kappa shape index (κ1) is 13.6. The van der Waals surface area contributed by atoms with Gasteiger partial charge in [0.1, 0.15) is 5.78 Å². The van der Waals surface area contributed by atoms with Crippen molar-refractivity contribution in [3.8, 4) is 17.6 Å². The zero-order valence-corrected chi connectivity index (χ0v) is 12.4. The summed E-state index contributed by atoms with van der Waals surface area (Å²) < 4.78 is 10.9. The van der Waals surface area contributed by atoms with Crippen LogP contribution in [0.25, 0.3) is 0 Å². The summed E-state index contributed by atoms with van der Waals surface area (Å²) in [5.41, 5.74) is 2.48. The number of fused-ring (bicyclic) bond motifs is 4. The highest BCUT2D eigenvalue weighted by Crippen LogP contribution is 2.43. The number of nitriles is 1. The molecule has 1 aromatic rings. The van der Waals surface area contributed by atoms with Crippen molar-refractivity contribution < 1.29 is 14.3 Å². The van der Waals surface area contributed by atoms with Gasteiger partial charge in [-0.25, -0.2) is 0 Å². The van der Waals surface area contributed by atoms with Gasteiger partial charge in [0.2, 0.25) is 6.79 Å². The number of carbonyl (C=O) groups is 1. The van der Waals surface area contributed by atoms with E-state index in [-0.39, 0.29) is 18.8 Å². The Morgan fingerprint density at radius 3 is 2.95 bits per heavy atom. The van der Waals surface area contributed by atoms with Gasteiger partial charge in [0.05, 0.1) is 6.07 Å². The number of ether oxygens (including phenoxy) is 2. The molecule has 0 N–H and O–H groups in total. The Labute approximate surface area is 129 Å². The Balaban J connectivity index is 1.61. The molecule has 0 radical (unpaired) electrons. The lowest BCUT2D eigenvalue weighted by Crippen LogP contribution is -2.46. The highest BCUT2D eigenvalue weighted by Gasteiger charge is 2.38. The van der Waals surface area contributed by atoms with E-state index in [4.69, 9.17) is 14.7 Å². The summed E-state index contributed by atoms with van der Waals surface area (Å²) in [6.45, 7) is 2.02. The highest BCUT2D eigenvalue weighted by atomic mass is 16.7. The second kappa shape index (κ2) is 5.29. The van der Waals surface area contributed by atoms with Gasteiger partial charge in [0.25, 0.3) is 0 Å². The smallest absolute Gasteiger partial charge is 0.231 e. The van der Waals surface area contributed by atoms with Gasteiger partial charge in [-0.2, -0.15) is 5.26 Å². The topological polar surface area (TPSA) is 62.6 Å². The van der Waals surface area contributed by atoms with E-state index in [1.54, 1.807) is 0 Å². The van der Waals surface area contributed by atoms with Crippen molar-refractivity contribution in [1.82, 2.24) is 4.90 Å². The maximum Gasteiger partial charge on any atom is 0.231 e. The van der Waals surface area contributed by atoms with Gasteiger partial charge in [-0.1, -0.05) is 0 Å². The van der Waals surface area contributed by atoms with Gasteiger partial charge in [-0.3, -0.25) is 9.69 Å². The van der Waals surface area contributed by atoms with E-state index >= 15 is 0 Å². The fraction of sp³-hybridized carbons (Fsp3) is 0.529. The first-order chi connectivity index (χ1) is 10.8. The normalized spacial score (nSPS) is 26.2. The molecule has 0 amide bonds. The standard InChI is InChI=1S/C17H18N2O3/c18-4-1-2-12-9-19-5-3-11-6-16-17(22-10-21-16)7-13(11)14(19)8-15(12)20/h6-7,12,14H,1-3,5,8-10H2/t12-,14+/m1/s1. The van der Waals surface area contributed by atoms with Crippen molar-refractivity contribution in [1.29, 1.82) is 5.26 Å². The maximum absolute atomic E-state index is 12.4. The molecule has 5 heteroatoms. The minimum atomic E-state index is 0.0199. The van der Waals surface area contributed by atoms with Crippen molar-refractivity contribution in [2.45, 2.75) is 31.7 Å². The van der Waals surface area contributed by atoms with E-state index in [1.165, 1.54) is 11.1 Å². The van der Waals surface area contributed by atoms with Gasteiger partial charge in [-0.15, -0.1) is 0 Å². The molecule has 0 aliphatic carbocycles. The van der Waals surface area contributed by atoms with Gasteiger partial charge >= 0.3 is 0 Å². The van der Waals surface area contributed by atoms with Crippen molar-refractivity contribution in [2.24, 2.45) is 5.92 Å². The summed E-state index contributed by atoms with van der Waals surface area (Å²) in [7, 11) is 0. The van der Waals surface area contributed by atoms with Crippen LogP contribution in [0.2, 0.25) is 0 Å². The molecule has 4 rings (SSSR count). The minimum absolute atomic E-state index is 0.0199. The van der Waals surface area contributed by atoms with Crippen LogP contribution in [0.3, 0.4) is 0 Å². The first-order valence-corrected chi connectivity index (χ1v) is 7.82. The number of Topliss-reactive ketones (excluding diaryl/α,β-unsaturated/α-hetero) is 1. The number of hydrogen-bond acceptors (Lipinski definition) is 5. The summed E-state index contributed by atoms with van der Waals surface area (Å²) in [4.78, 5) is 14.8. The van der Waals surface area contributed by atoms with E-state index in [0.29, 0.717) is 25.0 Å². The fourth-order valence-corrected chi connectivity index (χ4v) is 3.83. The second-order valence-electron chi connectivity index (χ2n) is 6.23. The van der Waals surface area contributed by atoms with Crippen LogP contribution >= 0.6 is 0 Å². The van der Waals surface area contributed by atoms with E-state index in [9.17, 15) is 4.79 Å². The zero-order valence-electron chi connectivity index (χ0n) is 12.4. The summed E-state index contributed by atoms with van der Waals surface area (Å²) in [6.07, 6.45) is 2.67. The lowest BCUT2D eigenvalue weighted by molar-refractivity contribution is -0.129.